The summed E-state index contributed by atoms with van der Waals surface area (Å²) in [5, 5.41) is 14.7. The van der Waals surface area contributed by atoms with Gasteiger partial charge in [-0.25, -0.2) is 0 Å². The molecular formula is C16H24N2O3. The summed E-state index contributed by atoms with van der Waals surface area (Å²) in [6.07, 6.45) is 3.59. The van der Waals surface area contributed by atoms with E-state index >= 15 is 0 Å². The molecule has 116 valence electrons. The molecule has 2 atom stereocenters. The summed E-state index contributed by atoms with van der Waals surface area (Å²) in [6, 6.07) is 5.34. The summed E-state index contributed by atoms with van der Waals surface area (Å²) < 4.78 is 5.35. The predicted octanol–water partition coefficient (Wildman–Crippen LogP) is 4.23. The van der Waals surface area contributed by atoms with Crippen LogP contribution in [0.15, 0.2) is 18.2 Å². The summed E-state index contributed by atoms with van der Waals surface area (Å²) in [4.78, 5) is 10.9. The zero-order valence-corrected chi connectivity index (χ0v) is 13.0. The van der Waals surface area contributed by atoms with Crippen LogP contribution in [0.1, 0.15) is 40.0 Å². The van der Waals surface area contributed by atoms with E-state index in [4.69, 9.17) is 4.74 Å². The van der Waals surface area contributed by atoms with Crippen molar-refractivity contribution in [2.75, 3.05) is 11.9 Å². The van der Waals surface area contributed by atoms with Crippen molar-refractivity contribution in [2.24, 2.45) is 11.8 Å². The van der Waals surface area contributed by atoms with Gasteiger partial charge in [-0.2, -0.15) is 0 Å². The average molecular weight is 292 g/mol. The first kappa shape index (κ1) is 15.6. The second kappa shape index (κ2) is 6.78. The maximum Gasteiger partial charge on any atom is 0.296 e. The fraction of sp³-hybridized carbons (Fsp3) is 0.625. The molecule has 21 heavy (non-hydrogen) atoms. The molecule has 2 unspecified atom stereocenters. The molecule has 1 aromatic rings. The van der Waals surface area contributed by atoms with Crippen LogP contribution in [-0.4, -0.2) is 17.6 Å². The lowest BCUT2D eigenvalue weighted by Crippen LogP contribution is -2.37. The molecule has 5 nitrogen and oxygen atoms in total. The van der Waals surface area contributed by atoms with Crippen LogP contribution in [0.2, 0.25) is 0 Å². The normalized spacial score (nSPS) is 25.4. The van der Waals surface area contributed by atoms with Crippen LogP contribution in [0.3, 0.4) is 0 Å². The Morgan fingerprint density at radius 1 is 1.33 bits per heavy atom. The topological polar surface area (TPSA) is 64.4 Å². The van der Waals surface area contributed by atoms with Crippen molar-refractivity contribution in [1.29, 1.82) is 0 Å². The van der Waals surface area contributed by atoms with Gasteiger partial charge in [0.2, 0.25) is 0 Å². The Morgan fingerprint density at radius 2 is 2.00 bits per heavy atom. The minimum Gasteiger partial charge on any atom is -0.494 e. The van der Waals surface area contributed by atoms with E-state index < -0.39 is 0 Å². The molecule has 1 aliphatic rings. The van der Waals surface area contributed by atoms with Crippen molar-refractivity contribution in [3.8, 4) is 5.75 Å². The van der Waals surface area contributed by atoms with Gasteiger partial charge < -0.3 is 10.1 Å². The molecule has 0 aliphatic heterocycles. The van der Waals surface area contributed by atoms with Crippen LogP contribution in [0.25, 0.3) is 0 Å². The molecule has 0 bridgehead atoms. The quantitative estimate of drug-likeness (QED) is 0.651. The lowest BCUT2D eigenvalue weighted by atomic mass is 9.78. The Bertz CT molecular complexity index is 494. The first-order chi connectivity index (χ1) is 10.0. The van der Waals surface area contributed by atoms with Crippen molar-refractivity contribution >= 4 is 11.4 Å². The van der Waals surface area contributed by atoms with E-state index in [2.05, 4.69) is 19.2 Å². The molecule has 0 spiro atoms. The zero-order chi connectivity index (χ0) is 15.4. The Balaban J connectivity index is 2.24. The zero-order valence-electron chi connectivity index (χ0n) is 13.0. The number of hydrogen-bond donors (Lipinski definition) is 1. The van der Waals surface area contributed by atoms with Crippen LogP contribution in [0.5, 0.6) is 5.75 Å². The molecule has 1 saturated carbocycles. The number of ether oxygens (including phenoxy) is 1. The third-order valence-electron chi connectivity index (χ3n) is 4.34. The second-order valence-corrected chi connectivity index (χ2v) is 5.92. The summed E-state index contributed by atoms with van der Waals surface area (Å²) in [7, 11) is 0. The maximum absolute atomic E-state index is 11.3. The van der Waals surface area contributed by atoms with Crippen molar-refractivity contribution in [3.63, 3.8) is 0 Å². The molecule has 5 heteroatoms. The monoisotopic (exact) mass is 292 g/mol. The number of hydrogen-bond acceptors (Lipinski definition) is 4. The number of nitrogens with one attached hydrogen (secondary N) is 1. The van der Waals surface area contributed by atoms with Crippen molar-refractivity contribution in [1.82, 2.24) is 0 Å². The van der Waals surface area contributed by atoms with Gasteiger partial charge in [-0.1, -0.05) is 20.3 Å². The molecule has 1 aliphatic carbocycles. The fourth-order valence-corrected chi connectivity index (χ4v) is 3.19. The summed E-state index contributed by atoms with van der Waals surface area (Å²) in [5.41, 5.74) is 0.681. The Hall–Kier alpha value is -1.78. The fourth-order valence-electron chi connectivity index (χ4n) is 3.19. The minimum atomic E-state index is -0.344. The number of nitrogens with zero attached hydrogens (tertiary/aromatic N) is 1. The highest BCUT2D eigenvalue weighted by molar-refractivity contribution is 5.64. The molecule has 1 N–H and O–H groups in total. The number of benzene rings is 1. The SMILES string of the molecule is CCOc1ccc(NC2C(C)CCCC2C)c([N+](=O)[O-])c1. The van der Waals surface area contributed by atoms with Gasteiger partial charge in [0.15, 0.2) is 0 Å². The van der Waals surface area contributed by atoms with E-state index in [0.717, 1.165) is 0 Å². The third kappa shape index (κ3) is 3.65. The smallest absolute Gasteiger partial charge is 0.296 e. The van der Waals surface area contributed by atoms with Gasteiger partial charge in [-0.3, -0.25) is 10.1 Å². The van der Waals surface area contributed by atoms with Gasteiger partial charge in [0.25, 0.3) is 5.69 Å². The van der Waals surface area contributed by atoms with E-state index in [9.17, 15) is 10.1 Å². The Kier molecular flexibility index (Phi) is 5.04. The first-order valence-corrected chi connectivity index (χ1v) is 7.70. The van der Waals surface area contributed by atoms with Gasteiger partial charge in [-0.05, 0) is 43.7 Å². The van der Waals surface area contributed by atoms with E-state index in [0.29, 0.717) is 29.9 Å². The summed E-state index contributed by atoms with van der Waals surface area (Å²) in [5.74, 6) is 1.60. The predicted molar refractivity (Wildman–Crippen MR) is 83.9 cm³/mol. The molecule has 2 rings (SSSR count). The first-order valence-electron chi connectivity index (χ1n) is 7.70. The second-order valence-electron chi connectivity index (χ2n) is 5.92. The molecule has 0 heterocycles. The van der Waals surface area contributed by atoms with Gasteiger partial charge >= 0.3 is 0 Å². The van der Waals surface area contributed by atoms with E-state index in [-0.39, 0.29) is 16.7 Å². The van der Waals surface area contributed by atoms with Crippen LogP contribution in [0.4, 0.5) is 11.4 Å². The van der Waals surface area contributed by atoms with Gasteiger partial charge in [0, 0.05) is 6.04 Å². The minimum absolute atomic E-state index is 0.0888. The van der Waals surface area contributed by atoms with Gasteiger partial charge in [0.1, 0.15) is 11.4 Å². The van der Waals surface area contributed by atoms with Crippen molar-refractivity contribution < 1.29 is 9.66 Å². The van der Waals surface area contributed by atoms with Crippen molar-refractivity contribution in [2.45, 2.75) is 46.1 Å². The highest BCUT2D eigenvalue weighted by atomic mass is 16.6. The van der Waals surface area contributed by atoms with Crippen LogP contribution >= 0.6 is 0 Å². The molecule has 0 amide bonds. The summed E-state index contributed by atoms with van der Waals surface area (Å²) >= 11 is 0. The van der Waals surface area contributed by atoms with Crippen LogP contribution in [-0.2, 0) is 0 Å². The molecular weight excluding hydrogens is 268 g/mol. The molecule has 0 radical (unpaired) electrons. The lowest BCUT2D eigenvalue weighted by Gasteiger charge is -2.35. The highest BCUT2D eigenvalue weighted by Crippen LogP contribution is 2.35. The molecule has 1 aromatic carbocycles. The standard InChI is InChI=1S/C16H24N2O3/c1-4-21-13-8-9-14(15(10-13)18(19)20)17-16-11(2)6-5-7-12(16)3/h8-12,16-17H,4-7H2,1-3H3. The lowest BCUT2D eigenvalue weighted by molar-refractivity contribution is -0.384. The highest BCUT2D eigenvalue weighted by Gasteiger charge is 2.29. The van der Waals surface area contributed by atoms with E-state index in [1.807, 2.05) is 6.92 Å². The third-order valence-corrected chi connectivity index (χ3v) is 4.34. The van der Waals surface area contributed by atoms with Crippen LogP contribution in [0, 0.1) is 22.0 Å². The molecule has 0 aromatic heterocycles. The largest absolute Gasteiger partial charge is 0.494 e. The number of anilines is 1. The Morgan fingerprint density at radius 3 is 2.57 bits per heavy atom. The number of nitro benzene ring substituents is 1. The summed E-state index contributed by atoms with van der Waals surface area (Å²) in [6.45, 7) is 6.80. The molecule has 1 fully saturated rings. The number of nitro groups is 1. The Labute approximate surface area is 125 Å². The van der Waals surface area contributed by atoms with Gasteiger partial charge in [0.05, 0.1) is 17.6 Å². The van der Waals surface area contributed by atoms with E-state index in [1.165, 1.54) is 25.3 Å². The van der Waals surface area contributed by atoms with E-state index in [1.54, 1.807) is 12.1 Å². The van der Waals surface area contributed by atoms with Crippen molar-refractivity contribution in [3.05, 3.63) is 28.3 Å². The van der Waals surface area contributed by atoms with Gasteiger partial charge in [-0.15, -0.1) is 0 Å². The average Bonchev–Trinajstić information content (AvgIpc) is 2.44. The number of rotatable bonds is 5. The van der Waals surface area contributed by atoms with Crippen LogP contribution < -0.4 is 10.1 Å². The maximum atomic E-state index is 11.3. The molecule has 0 saturated heterocycles.